The molecule has 0 saturated carbocycles. The Kier molecular flexibility index (Phi) is 8.64. The molecule has 0 aliphatic heterocycles. The van der Waals surface area contributed by atoms with Gasteiger partial charge in [0.15, 0.2) is 0 Å². The van der Waals surface area contributed by atoms with Crippen LogP contribution in [0.4, 0.5) is 0 Å². The molecule has 0 spiro atoms. The zero-order chi connectivity index (χ0) is 22.3. The van der Waals surface area contributed by atoms with Crippen molar-refractivity contribution in [1.29, 1.82) is 0 Å². The van der Waals surface area contributed by atoms with E-state index in [0.29, 0.717) is 19.4 Å². The molecular weight excluding hydrogens is 372 g/mol. The molecule has 162 valence electrons. The first kappa shape index (κ1) is 23.7. The van der Waals surface area contributed by atoms with Crippen LogP contribution in [-0.4, -0.2) is 28.8 Å². The Labute approximate surface area is 181 Å². The fourth-order valence-electron chi connectivity index (χ4n) is 3.52. The van der Waals surface area contributed by atoms with Crippen LogP contribution in [0.3, 0.4) is 0 Å². The van der Waals surface area contributed by atoms with E-state index in [4.69, 9.17) is 0 Å². The topological polar surface area (TPSA) is 49.4 Å². The third-order valence-electron chi connectivity index (χ3n) is 5.92. The molecule has 0 bridgehead atoms. The third-order valence-corrected chi connectivity index (χ3v) is 5.92. The Morgan fingerprint density at radius 1 is 0.933 bits per heavy atom. The van der Waals surface area contributed by atoms with Gasteiger partial charge in [-0.05, 0) is 68.4 Å². The van der Waals surface area contributed by atoms with Gasteiger partial charge in [0, 0.05) is 12.6 Å². The minimum absolute atomic E-state index is 0.0207. The van der Waals surface area contributed by atoms with Gasteiger partial charge in [-0.2, -0.15) is 0 Å². The normalized spacial score (nSPS) is 12.9. The molecule has 2 aromatic carbocycles. The molecule has 2 rings (SSSR count). The number of nitrogens with zero attached hydrogens (tertiary/aromatic N) is 1. The van der Waals surface area contributed by atoms with E-state index in [1.54, 1.807) is 4.90 Å². The molecule has 4 heteroatoms. The minimum Gasteiger partial charge on any atom is -0.352 e. The number of hydrogen-bond acceptors (Lipinski definition) is 2. The molecule has 0 aliphatic carbocycles. The molecule has 2 aromatic rings. The van der Waals surface area contributed by atoms with Crippen molar-refractivity contribution in [3.05, 3.63) is 70.3 Å². The average Bonchev–Trinajstić information content (AvgIpc) is 2.71. The first-order valence-electron chi connectivity index (χ1n) is 11.0. The maximum Gasteiger partial charge on any atom is 0.243 e. The molecule has 0 aliphatic rings. The number of rotatable bonds is 9. The maximum atomic E-state index is 13.4. The summed E-state index contributed by atoms with van der Waals surface area (Å²) in [6.45, 7) is 12.6. The number of hydrogen-bond donors (Lipinski definition) is 1. The predicted octanol–water partition coefficient (Wildman–Crippen LogP) is 4.88. The summed E-state index contributed by atoms with van der Waals surface area (Å²) in [6, 6.07) is 13.8. The zero-order valence-corrected chi connectivity index (χ0v) is 19.3. The summed E-state index contributed by atoms with van der Waals surface area (Å²) in [4.78, 5) is 28.2. The van der Waals surface area contributed by atoms with Gasteiger partial charge in [0.1, 0.15) is 6.04 Å². The van der Waals surface area contributed by atoms with Gasteiger partial charge in [0.25, 0.3) is 0 Å². The number of benzene rings is 2. The summed E-state index contributed by atoms with van der Waals surface area (Å²) < 4.78 is 0. The molecule has 4 nitrogen and oxygen atoms in total. The highest BCUT2D eigenvalue weighted by atomic mass is 16.2. The van der Waals surface area contributed by atoms with Crippen molar-refractivity contribution in [2.75, 3.05) is 0 Å². The molecule has 0 radical (unpaired) electrons. The van der Waals surface area contributed by atoms with Crippen molar-refractivity contribution in [3.63, 3.8) is 0 Å². The molecule has 0 saturated heterocycles. The van der Waals surface area contributed by atoms with E-state index in [1.807, 2.05) is 58.0 Å². The standard InChI is InChI=1S/C26H36N2O2/c1-7-21(6)27-26(30)24(8-2)28(17-23-12-10-9-11-19(23)4)25(29)16-22-14-13-18(3)20(5)15-22/h9-15,21,24H,7-8,16-17H2,1-6H3,(H,27,30)/t21-,24+/m0/s1. The molecule has 0 heterocycles. The van der Waals surface area contributed by atoms with Crippen LogP contribution >= 0.6 is 0 Å². The van der Waals surface area contributed by atoms with E-state index in [0.717, 1.165) is 23.1 Å². The summed E-state index contributed by atoms with van der Waals surface area (Å²) in [7, 11) is 0. The number of nitrogens with one attached hydrogen (secondary N) is 1. The second kappa shape index (κ2) is 11.0. The van der Waals surface area contributed by atoms with Crippen molar-refractivity contribution in [2.45, 2.75) is 79.4 Å². The Morgan fingerprint density at radius 3 is 2.23 bits per heavy atom. The lowest BCUT2D eigenvalue weighted by molar-refractivity contribution is -0.141. The number of amides is 2. The molecule has 2 amide bonds. The molecule has 30 heavy (non-hydrogen) atoms. The van der Waals surface area contributed by atoms with Crippen LogP contribution in [-0.2, 0) is 22.6 Å². The summed E-state index contributed by atoms with van der Waals surface area (Å²) in [6.07, 6.45) is 1.73. The smallest absolute Gasteiger partial charge is 0.243 e. The van der Waals surface area contributed by atoms with E-state index in [1.165, 1.54) is 11.1 Å². The van der Waals surface area contributed by atoms with Gasteiger partial charge < -0.3 is 10.2 Å². The van der Waals surface area contributed by atoms with E-state index in [-0.39, 0.29) is 17.9 Å². The lowest BCUT2D eigenvalue weighted by atomic mass is 10.0. The molecule has 1 N–H and O–H groups in total. The van der Waals surface area contributed by atoms with Crippen LogP contribution in [0.5, 0.6) is 0 Å². The van der Waals surface area contributed by atoms with E-state index < -0.39 is 6.04 Å². The van der Waals surface area contributed by atoms with Gasteiger partial charge >= 0.3 is 0 Å². The summed E-state index contributed by atoms with van der Waals surface area (Å²) in [5.74, 6) is -0.0958. The zero-order valence-electron chi connectivity index (χ0n) is 19.3. The van der Waals surface area contributed by atoms with Gasteiger partial charge in [0.05, 0.1) is 6.42 Å². The van der Waals surface area contributed by atoms with E-state index >= 15 is 0 Å². The Bertz CT molecular complexity index is 875. The molecular formula is C26H36N2O2. The molecule has 0 aromatic heterocycles. The highest BCUT2D eigenvalue weighted by molar-refractivity contribution is 5.88. The maximum absolute atomic E-state index is 13.4. The van der Waals surface area contributed by atoms with Crippen molar-refractivity contribution >= 4 is 11.8 Å². The van der Waals surface area contributed by atoms with Crippen molar-refractivity contribution in [2.24, 2.45) is 0 Å². The van der Waals surface area contributed by atoms with Gasteiger partial charge in [-0.25, -0.2) is 0 Å². The SMILES string of the molecule is CC[C@H](C(=O)N[C@@H](C)CC)N(Cc1ccccc1C)C(=O)Cc1ccc(C)c(C)c1. The van der Waals surface area contributed by atoms with Crippen molar-refractivity contribution in [1.82, 2.24) is 10.2 Å². The molecule has 0 unspecified atom stereocenters. The van der Waals surface area contributed by atoms with Gasteiger partial charge in [-0.1, -0.05) is 56.3 Å². The first-order chi connectivity index (χ1) is 14.3. The summed E-state index contributed by atoms with van der Waals surface area (Å²) >= 11 is 0. The van der Waals surface area contributed by atoms with Crippen LogP contribution in [0.15, 0.2) is 42.5 Å². The minimum atomic E-state index is -0.488. The first-order valence-corrected chi connectivity index (χ1v) is 11.0. The number of carbonyl (C=O) groups excluding carboxylic acids is 2. The van der Waals surface area contributed by atoms with Crippen LogP contribution in [0.25, 0.3) is 0 Å². The highest BCUT2D eigenvalue weighted by Crippen LogP contribution is 2.18. The number of aryl methyl sites for hydroxylation is 3. The predicted molar refractivity (Wildman–Crippen MR) is 123 cm³/mol. The lowest BCUT2D eigenvalue weighted by Gasteiger charge is -2.32. The Balaban J connectivity index is 2.33. The largest absolute Gasteiger partial charge is 0.352 e. The monoisotopic (exact) mass is 408 g/mol. The number of carbonyl (C=O) groups is 2. The van der Waals surface area contributed by atoms with Gasteiger partial charge in [-0.3, -0.25) is 9.59 Å². The second-order valence-corrected chi connectivity index (χ2v) is 8.29. The molecule has 2 atom stereocenters. The highest BCUT2D eigenvalue weighted by Gasteiger charge is 2.29. The van der Waals surface area contributed by atoms with Gasteiger partial charge in [0.2, 0.25) is 11.8 Å². The fourth-order valence-corrected chi connectivity index (χ4v) is 3.52. The van der Waals surface area contributed by atoms with Gasteiger partial charge in [-0.15, -0.1) is 0 Å². The quantitative estimate of drug-likeness (QED) is 0.643. The summed E-state index contributed by atoms with van der Waals surface area (Å²) in [5.41, 5.74) is 5.56. The average molecular weight is 409 g/mol. The second-order valence-electron chi connectivity index (χ2n) is 8.29. The third kappa shape index (κ3) is 6.19. The van der Waals surface area contributed by atoms with Crippen LogP contribution < -0.4 is 5.32 Å². The van der Waals surface area contributed by atoms with Crippen LogP contribution in [0.2, 0.25) is 0 Å². The Hall–Kier alpha value is -2.62. The van der Waals surface area contributed by atoms with Crippen LogP contribution in [0, 0.1) is 20.8 Å². The Morgan fingerprint density at radius 2 is 1.63 bits per heavy atom. The van der Waals surface area contributed by atoms with Crippen LogP contribution in [0.1, 0.15) is 61.4 Å². The fraction of sp³-hybridized carbons (Fsp3) is 0.462. The van der Waals surface area contributed by atoms with Crippen molar-refractivity contribution in [3.8, 4) is 0 Å². The van der Waals surface area contributed by atoms with Crippen molar-refractivity contribution < 1.29 is 9.59 Å². The van der Waals surface area contributed by atoms with E-state index in [2.05, 4.69) is 31.3 Å². The molecule has 0 fully saturated rings. The van der Waals surface area contributed by atoms with E-state index in [9.17, 15) is 9.59 Å². The summed E-state index contributed by atoms with van der Waals surface area (Å²) in [5, 5.41) is 3.06. The lowest BCUT2D eigenvalue weighted by Crippen LogP contribution is -2.51.